The van der Waals surface area contributed by atoms with E-state index in [4.69, 9.17) is 0 Å². The maximum Gasteiger partial charge on any atom is 0.309 e. The van der Waals surface area contributed by atoms with Crippen LogP contribution in [0.5, 0.6) is 0 Å². The number of aliphatic carboxylic acids is 1. The van der Waals surface area contributed by atoms with Crippen molar-refractivity contribution in [2.24, 2.45) is 10.8 Å². The zero-order valence-electron chi connectivity index (χ0n) is 16.1. The molecular weight excluding hydrogens is 381 g/mol. The topological polar surface area (TPSA) is 74.7 Å². The molecule has 28 heavy (non-hydrogen) atoms. The number of nitrogens with zero attached hydrogens (tertiary/aromatic N) is 1. The van der Waals surface area contributed by atoms with Crippen molar-refractivity contribution in [3.63, 3.8) is 0 Å². The molecule has 1 heterocycles. The van der Waals surface area contributed by atoms with E-state index < -0.39 is 27.6 Å². The molecule has 0 aromatic heterocycles. The summed E-state index contributed by atoms with van der Waals surface area (Å²) in [6.45, 7) is 2.66. The summed E-state index contributed by atoms with van der Waals surface area (Å²) >= 11 is 0. The van der Waals surface area contributed by atoms with Gasteiger partial charge in [0.1, 0.15) is 5.82 Å². The fraction of sp³-hybridized carbons (Fsp3) is 0.619. The molecule has 0 radical (unpaired) electrons. The van der Waals surface area contributed by atoms with E-state index in [2.05, 4.69) is 0 Å². The number of amides is 1. The largest absolute Gasteiger partial charge is 0.481 e. The zero-order chi connectivity index (χ0) is 20.1. The minimum absolute atomic E-state index is 0.0979. The van der Waals surface area contributed by atoms with E-state index in [1.807, 2.05) is 4.90 Å². The molecule has 5 rings (SSSR count). The lowest BCUT2D eigenvalue weighted by Gasteiger charge is -2.51. The Morgan fingerprint density at radius 1 is 1.14 bits per heavy atom. The first-order valence-corrected chi connectivity index (χ1v) is 11.2. The average Bonchev–Trinajstić information content (AvgIpc) is 3.20. The summed E-state index contributed by atoms with van der Waals surface area (Å²) in [7, 11) is -1.35. The summed E-state index contributed by atoms with van der Waals surface area (Å²) in [5.74, 6) is -0.988. The number of rotatable bonds is 4. The van der Waals surface area contributed by atoms with Crippen molar-refractivity contribution < 1.29 is 23.3 Å². The molecule has 0 spiro atoms. The average molecular weight is 408 g/mol. The number of benzene rings is 1. The minimum atomic E-state index is -1.35. The van der Waals surface area contributed by atoms with E-state index >= 15 is 0 Å². The first kappa shape index (κ1) is 19.6. The molecule has 2 bridgehead atoms. The van der Waals surface area contributed by atoms with Crippen LogP contribution in [0.3, 0.4) is 0 Å². The highest BCUT2D eigenvalue weighted by Crippen LogP contribution is 2.57. The third-order valence-corrected chi connectivity index (χ3v) is 8.97. The summed E-state index contributed by atoms with van der Waals surface area (Å²) in [4.78, 5) is 27.2. The maximum absolute atomic E-state index is 13.8. The number of hydrogen-bond acceptors (Lipinski definition) is 3. The lowest BCUT2D eigenvalue weighted by atomic mass is 9.53. The van der Waals surface area contributed by atoms with Gasteiger partial charge in [-0.25, -0.2) is 4.39 Å². The van der Waals surface area contributed by atoms with Gasteiger partial charge in [0.05, 0.1) is 21.5 Å². The molecule has 2 unspecified atom stereocenters. The van der Waals surface area contributed by atoms with Crippen LogP contribution in [-0.2, 0) is 20.4 Å². The van der Waals surface area contributed by atoms with Gasteiger partial charge in [-0.05, 0) is 69.6 Å². The van der Waals surface area contributed by atoms with Gasteiger partial charge in [-0.2, -0.15) is 0 Å². The van der Waals surface area contributed by atoms with Gasteiger partial charge in [0.15, 0.2) is 0 Å². The van der Waals surface area contributed by atoms with Gasteiger partial charge < -0.3 is 10.0 Å². The standard InChI is InChI=1S/C21H26FNO4S/c1-14-2-3-15(12-17(14)22)28(27)16-4-11-23(13-16)18(24)20-5-8-21(9-6-20,10-7-20)19(25)26/h2-3,12,16H,4-11,13H2,1H3,(H,25,26). The number of carboxylic acids is 1. The number of carbonyl (C=O) groups is 2. The Labute approximate surface area is 166 Å². The van der Waals surface area contributed by atoms with Crippen LogP contribution >= 0.6 is 0 Å². The van der Waals surface area contributed by atoms with Crippen molar-refractivity contribution in [1.29, 1.82) is 0 Å². The minimum Gasteiger partial charge on any atom is -0.481 e. The number of carbonyl (C=O) groups excluding carboxylic acids is 1. The second-order valence-corrected chi connectivity index (χ2v) is 10.5. The van der Waals surface area contributed by atoms with Crippen molar-refractivity contribution in [2.45, 2.75) is 62.0 Å². The molecule has 1 aromatic carbocycles. The van der Waals surface area contributed by atoms with E-state index in [0.29, 0.717) is 68.5 Å². The zero-order valence-corrected chi connectivity index (χ0v) is 16.9. The van der Waals surface area contributed by atoms with E-state index in [9.17, 15) is 23.3 Å². The highest BCUT2D eigenvalue weighted by Gasteiger charge is 2.56. The Kier molecular flexibility index (Phi) is 4.84. The summed E-state index contributed by atoms with van der Waals surface area (Å²) in [5, 5.41) is 9.34. The van der Waals surface area contributed by atoms with Crippen LogP contribution in [0.25, 0.3) is 0 Å². The number of likely N-dealkylation sites (tertiary alicyclic amines) is 1. The highest BCUT2D eigenvalue weighted by molar-refractivity contribution is 7.85. The van der Waals surface area contributed by atoms with Gasteiger partial charge in [0, 0.05) is 23.4 Å². The van der Waals surface area contributed by atoms with Gasteiger partial charge in [-0.3, -0.25) is 13.8 Å². The highest BCUT2D eigenvalue weighted by atomic mass is 32.2. The SMILES string of the molecule is Cc1ccc(S(=O)C2CCN(C(=O)C34CCC(C(=O)O)(CC3)CC4)C2)cc1F. The molecule has 1 saturated heterocycles. The van der Waals surface area contributed by atoms with Gasteiger partial charge >= 0.3 is 5.97 Å². The first-order chi connectivity index (χ1) is 13.3. The monoisotopic (exact) mass is 407 g/mol. The van der Waals surface area contributed by atoms with Crippen LogP contribution in [-0.4, -0.2) is 44.4 Å². The number of hydrogen-bond donors (Lipinski definition) is 1. The lowest BCUT2D eigenvalue weighted by molar-refractivity contribution is -0.166. The van der Waals surface area contributed by atoms with E-state index in [-0.39, 0.29) is 17.0 Å². The first-order valence-electron chi connectivity index (χ1n) is 9.96. The van der Waals surface area contributed by atoms with Crippen LogP contribution in [0.15, 0.2) is 23.1 Å². The molecule has 7 heteroatoms. The van der Waals surface area contributed by atoms with Crippen LogP contribution in [0.4, 0.5) is 4.39 Å². The Bertz CT molecular complexity index is 830. The Morgan fingerprint density at radius 3 is 2.32 bits per heavy atom. The van der Waals surface area contributed by atoms with Crippen LogP contribution < -0.4 is 0 Å². The normalized spacial score (nSPS) is 33.1. The number of fused-ring (bicyclic) bond motifs is 3. The second kappa shape index (κ2) is 6.94. The molecule has 2 atom stereocenters. The fourth-order valence-corrected chi connectivity index (χ4v) is 6.58. The molecule has 3 aliphatic carbocycles. The molecule has 1 amide bonds. The van der Waals surface area contributed by atoms with E-state index in [0.717, 1.165) is 0 Å². The molecule has 152 valence electrons. The molecule has 3 saturated carbocycles. The third-order valence-electron chi connectivity index (χ3n) is 7.26. The third kappa shape index (κ3) is 3.08. The Morgan fingerprint density at radius 2 is 1.75 bits per heavy atom. The smallest absolute Gasteiger partial charge is 0.309 e. The van der Waals surface area contributed by atoms with E-state index in [1.54, 1.807) is 19.1 Å². The summed E-state index contributed by atoms with van der Waals surface area (Å²) in [6, 6.07) is 4.67. The maximum atomic E-state index is 13.8. The Hall–Kier alpha value is -1.76. The van der Waals surface area contributed by atoms with Gasteiger partial charge in [0.25, 0.3) is 0 Å². The van der Waals surface area contributed by atoms with Crippen LogP contribution in [0, 0.1) is 23.6 Å². The summed E-state index contributed by atoms with van der Waals surface area (Å²) in [5.41, 5.74) is -0.550. The Balaban J connectivity index is 1.43. The second-order valence-electron chi connectivity index (χ2n) is 8.74. The quantitative estimate of drug-likeness (QED) is 0.831. The van der Waals surface area contributed by atoms with Gasteiger partial charge in [-0.15, -0.1) is 0 Å². The molecule has 5 nitrogen and oxygen atoms in total. The van der Waals surface area contributed by atoms with Crippen LogP contribution in [0.2, 0.25) is 0 Å². The summed E-state index contributed by atoms with van der Waals surface area (Å²) in [6.07, 6.45) is 4.24. The van der Waals surface area contributed by atoms with Crippen LogP contribution in [0.1, 0.15) is 50.5 Å². The molecule has 1 aromatic rings. The van der Waals surface area contributed by atoms with Crippen molar-refractivity contribution in [3.05, 3.63) is 29.6 Å². The number of carboxylic acid groups (broad SMARTS) is 1. The predicted octanol–water partition coefficient (Wildman–Crippen LogP) is 3.27. The molecular formula is C21H26FNO4S. The predicted molar refractivity (Wildman–Crippen MR) is 103 cm³/mol. The fourth-order valence-electron chi connectivity index (χ4n) is 5.14. The van der Waals surface area contributed by atoms with Gasteiger partial charge in [-0.1, -0.05) is 6.07 Å². The number of aryl methyl sites for hydroxylation is 1. The van der Waals surface area contributed by atoms with E-state index in [1.165, 1.54) is 6.07 Å². The molecule has 4 aliphatic rings. The van der Waals surface area contributed by atoms with Crippen molar-refractivity contribution in [3.8, 4) is 0 Å². The molecule has 1 N–H and O–H groups in total. The van der Waals surface area contributed by atoms with Gasteiger partial charge in [0.2, 0.25) is 5.91 Å². The summed E-state index contributed by atoms with van der Waals surface area (Å²) < 4.78 is 26.7. The van der Waals surface area contributed by atoms with Crippen molar-refractivity contribution in [1.82, 2.24) is 4.90 Å². The molecule has 1 aliphatic heterocycles. The van der Waals surface area contributed by atoms with Crippen molar-refractivity contribution >= 4 is 22.7 Å². The lowest BCUT2D eigenvalue weighted by Crippen LogP contribution is -2.53. The molecule has 4 fully saturated rings. The van der Waals surface area contributed by atoms with Crippen molar-refractivity contribution in [2.75, 3.05) is 13.1 Å². The number of halogens is 1.